The Hall–Kier alpha value is -2.00. The summed E-state index contributed by atoms with van der Waals surface area (Å²) in [5.41, 5.74) is 1.64. The van der Waals surface area contributed by atoms with E-state index in [1.807, 2.05) is 18.2 Å². The zero-order valence-electron chi connectivity index (χ0n) is 15.3. The molecular formula is C20H23IN4O2. The van der Waals surface area contributed by atoms with Gasteiger partial charge in [0, 0.05) is 6.20 Å². The average molecular weight is 478 g/mol. The molecule has 3 heterocycles. The van der Waals surface area contributed by atoms with Crippen molar-refractivity contribution >= 4 is 29.0 Å². The molecule has 0 aliphatic carbocycles. The van der Waals surface area contributed by atoms with E-state index in [0.717, 1.165) is 30.4 Å². The largest absolute Gasteiger partial charge is 1.00 e. The predicted molar refractivity (Wildman–Crippen MR) is 100 cm³/mol. The number of rotatable bonds is 2. The molecule has 1 aromatic carbocycles. The van der Waals surface area contributed by atoms with Crippen molar-refractivity contribution in [3.8, 4) is 0 Å². The maximum absolute atomic E-state index is 13.4. The fourth-order valence-electron chi connectivity index (χ4n) is 3.92. The predicted octanol–water partition coefficient (Wildman–Crippen LogP) is -0.0535. The van der Waals surface area contributed by atoms with Crippen molar-refractivity contribution < 1.29 is 38.0 Å². The lowest BCUT2D eigenvalue weighted by Gasteiger charge is -2.38. The topological polar surface area (TPSA) is 62.3 Å². The molecule has 6 nitrogen and oxygen atoms in total. The quantitative estimate of drug-likeness (QED) is 0.487. The lowest BCUT2D eigenvalue weighted by Crippen LogP contribution is -3.00. The van der Waals surface area contributed by atoms with Crippen LogP contribution in [0.5, 0.6) is 0 Å². The van der Waals surface area contributed by atoms with Crippen LogP contribution in [0.3, 0.4) is 0 Å². The van der Waals surface area contributed by atoms with Gasteiger partial charge in [-0.25, -0.2) is 4.98 Å². The molecule has 1 aromatic heterocycles. The molecular weight excluding hydrogens is 455 g/mol. The highest BCUT2D eigenvalue weighted by molar-refractivity contribution is 6.17. The van der Waals surface area contributed by atoms with Crippen LogP contribution in [-0.4, -0.2) is 48.0 Å². The van der Waals surface area contributed by atoms with Gasteiger partial charge in [-0.3, -0.25) is 14.5 Å². The third-order valence-electron chi connectivity index (χ3n) is 5.30. The summed E-state index contributed by atoms with van der Waals surface area (Å²) in [7, 11) is 2.14. The first-order chi connectivity index (χ1) is 12.6. The highest BCUT2D eigenvalue weighted by Crippen LogP contribution is 2.36. The van der Waals surface area contributed by atoms with Crippen LogP contribution in [0.25, 0.3) is 0 Å². The number of likely N-dealkylation sites (N-methyl/N-ethyl adjacent to an activating group) is 1. The van der Waals surface area contributed by atoms with Crippen LogP contribution in [0.15, 0.2) is 42.6 Å². The molecule has 2 amide bonds. The second-order valence-electron chi connectivity index (χ2n) is 7.36. The van der Waals surface area contributed by atoms with Crippen LogP contribution >= 0.6 is 0 Å². The third kappa shape index (κ3) is 3.84. The van der Waals surface area contributed by atoms with Crippen molar-refractivity contribution in [3.05, 3.63) is 48.2 Å². The number of para-hydroxylation sites is 1. The van der Waals surface area contributed by atoms with Gasteiger partial charge in [0.15, 0.2) is 12.4 Å². The molecule has 142 valence electrons. The Morgan fingerprint density at radius 1 is 1.15 bits per heavy atom. The fourth-order valence-corrected chi connectivity index (χ4v) is 3.92. The summed E-state index contributed by atoms with van der Waals surface area (Å²) in [5, 5.41) is 2.88. The van der Waals surface area contributed by atoms with Crippen LogP contribution < -0.4 is 34.2 Å². The Labute approximate surface area is 176 Å². The molecule has 1 fully saturated rings. The van der Waals surface area contributed by atoms with Gasteiger partial charge in [-0.15, -0.1) is 0 Å². The monoisotopic (exact) mass is 478 g/mol. The first-order valence-electron chi connectivity index (χ1n) is 9.09. The first-order valence-corrected chi connectivity index (χ1v) is 9.09. The number of likely N-dealkylation sites (tertiary alicyclic amines) is 1. The summed E-state index contributed by atoms with van der Waals surface area (Å²) in [4.78, 5) is 32.0. The number of halogens is 1. The third-order valence-corrected chi connectivity index (χ3v) is 5.30. The van der Waals surface area contributed by atoms with Gasteiger partial charge in [-0.2, -0.15) is 0 Å². The standard InChI is InChI=1S/C20H22N4O2.HI/c1-24(12-5-2-6-13-24)14-18(25)23-17-10-4-3-8-15(17)20(26)22-16-9-7-11-21-19(16)23;/h3-4,7-11H,2,5-6,12-14H2,1H3;1H. The number of nitrogens with one attached hydrogen (secondary N) is 1. The molecule has 0 saturated carbocycles. The van der Waals surface area contributed by atoms with Crippen LogP contribution in [0.4, 0.5) is 17.2 Å². The van der Waals surface area contributed by atoms with Crippen molar-refractivity contribution in [3.63, 3.8) is 0 Å². The van der Waals surface area contributed by atoms with E-state index in [1.165, 1.54) is 6.42 Å². The fraction of sp³-hybridized carbons (Fsp3) is 0.350. The van der Waals surface area contributed by atoms with E-state index in [9.17, 15) is 9.59 Å². The van der Waals surface area contributed by atoms with Crippen LogP contribution in [0, 0.1) is 0 Å². The highest BCUT2D eigenvalue weighted by Gasteiger charge is 2.35. The Morgan fingerprint density at radius 2 is 1.89 bits per heavy atom. The minimum absolute atomic E-state index is 0. The second kappa shape index (κ2) is 7.93. The Morgan fingerprint density at radius 3 is 2.67 bits per heavy atom. The van der Waals surface area contributed by atoms with Crippen molar-refractivity contribution in [2.75, 3.05) is 36.9 Å². The highest BCUT2D eigenvalue weighted by atomic mass is 127. The summed E-state index contributed by atoms with van der Waals surface area (Å²) >= 11 is 0. The molecule has 2 aromatic rings. The van der Waals surface area contributed by atoms with Crippen LogP contribution in [0.2, 0.25) is 0 Å². The van der Waals surface area contributed by atoms with E-state index in [2.05, 4.69) is 17.3 Å². The number of hydrogen-bond acceptors (Lipinski definition) is 3. The van der Waals surface area contributed by atoms with Gasteiger partial charge in [-0.1, -0.05) is 12.1 Å². The number of quaternary nitrogens is 1. The number of pyridine rings is 1. The summed E-state index contributed by atoms with van der Waals surface area (Å²) in [5.74, 6) is 0.237. The van der Waals surface area contributed by atoms with E-state index in [1.54, 1.807) is 29.3 Å². The van der Waals surface area contributed by atoms with Gasteiger partial charge in [0.05, 0.1) is 37.1 Å². The van der Waals surface area contributed by atoms with Gasteiger partial charge in [0.2, 0.25) is 0 Å². The first kappa shape index (κ1) is 19.8. The molecule has 0 spiro atoms. The number of carbonyl (C=O) groups excluding carboxylic acids is 2. The van der Waals surface area contributed by atoms with E-state index in [0.29, 0.717) is 29.3 Å². The number of hydrogen-bond donors (Lipinski definition) is 1. The molecule has 2 aliphatic rings. The second-order valence-corrected chi connectivity index (χ2v) is 7.36. The number of carbonyl (C=O) groups is 2. The summed E-state index contributed by atoms with van der Waals surface area (Å²) in [6.45, 7) is 2.42. The lowest BCUT2D eigenvalue weighted by atomic mass is 10.1. The summed E-state index contributed by atoms with van der Waals surface area (Å²) < 4.78 is 0.737. The van der Waals surface area contributed by atoms with Crippen LogP contribution in [0.1, 0.15) is 29.6 Å². The molecule has 27 heavy (non-hydrogen) atoms. The molecule has 7 heteroatoms. The van der Waals surface area contributed by atoms with E-state index >= 15 is 0 Å². The normalized spacial score (nSPS) is 17.7. The molecule has 1 N–H and O–H groups in total. The van der Waals surface area contributed by atoms with Gasteiger partial charge in [-0.05, 0) is 43.5 Å². The Kier molecular flexibility index (Phi) is 5.81. The van der Waals surface area contributed by atoms with E-state index < -0.39 is 0 Å². The molecule has 0 bridgehead atoms. The number of amides is 2. The van der Waals surface area contributed by atoms with Crippen molar-refractivity contribution in [1.82, 2.24) is 4.98 Å². The van der Waals surface area contributed by atoms with E-state index in [-0.39, 0.29) is 35.8 Å². The molecule has 0 unspecified atom stereocenters. The number of piperidine rings is 1. The molecule has 1 saturated heterocycles. The van der Waals surface area contributed by atoms with Crippen molar-refractivity contribution in [2.24, 2.45) is 0 Å². The number of aromatic nitrogens is 1. The smallest absolute Gasteiger partial charge is 0.288 e. The van der Waals surface area contributed by atoms with E-state index in [4.69, 9.17) is 0 Å². The van der Waals surface area contributed by atoms with Crippen molar-refractivity contribution in [2.45, 2.75) is 19.3 Å². The minimum Gasteiger partial charge on any atom is -1.00 e. The zero-order chi connectivity index (χ0) is 18.1. The SMILES string of the molecule is C[N+]1(CC(=O)N2c3ccccc3C(=O)Nc3cccnc32)CCCCC1.[I-]. The average Bonchev–Trinajstić information content (AvgIpc) is 2.76. The molecule has 0 radical (unpaired) electrons. The maximum Gasteiger partial charge on any atom is 0.288 e. The van der Waals surface area contributed by atoms with Gasteiger partial charge in [0.25, 0.3) is 11.8 Å². The summed E-state index contributed by atoms with van der Waals surface area (Å²) in [6, 6.07) is 10.8. The Balaban J connectivity index is 0.00000210. The number of anilines is 3. The van der Waals surface area contributed by atoms with Gasteiger partial charge in [0.1, 0.15) is 0 Å². The Bertz CT molecular complexity index is 865. The molecule has 0 atom stereocenters. The summed E-state index contributed by atoms with van der Waals surface area (Å²) in [6.07, 6.45) is 5.18. The van der Waals surface area contributed by atoms with Crippen LogP contribution in [-0.2, 0) is 4.79 Å². The van der Waals surface area contributed by atoms with Crippen molar-refractivity contribution in [1.29, 1.82) is 0 Å². The minimum atomic E-state index is -0.219. The zero-order valence-corrected chi connectivity index (χ0v) is 17.5. The van der Waals surface area contributed by atoms with Gasteiger partial charge >= 0.3 is 0 Å². The van der Waals surface area contributed by atoms with Gasteiger partial charge < -0.3 is 33.8 Å². The number of benzene rings is 1. The number of nitrogens with zero attached hydrogens (tertiary/aromatic N) is 3. The number of fused-ring (bicyclic) bond motifs is 2. The molecule has 2 aliphatic heterocycles. The molecule has 4 rings (SSSR count). The maximum atomic E-state index is 13.4. The lowest BCUT2D eigenvalue weighted by molar-refractivity contribution is -0.906.